The molecule has 0 aliphatic carbocycles. The van der Waals surface area contributed by atoms with Gasteiger partial charge in [0.25, 0.3) is 5.91 Å². The lowest BCUT2D eigenvalue weighted by molar-refractivity contribution is 0.101. The predicted molar refractivity (Wildman–Crippen MR) is 112 cm³/mol. The van der Waals surface area contributed by atoms with Gasteiger partial charge in [0.1, 0.15) is 18.1 Å². The smallest absolute Gasteiger partial charge is 0.278 e. The van der Waals surface area contributed by atoms with Crippen LogP contribution in [0.1, 0.15) is 32.9 Å². The summed E-state index contributed by atoms with van der Waals surface area (Å²) in [6.45, 7) is 4.56. The number of nitrogens with one attached hydrogen (secondary N) is 1. The number of ether oxygens (including phenoxy) is 1. The van der Waals surface area contributed by atoms with Crippen molar-refractivity contribution in [1.29, 1.82) is 0 Å². The molecule has 0 spiro atoms. The van der Waals surface area contributed by atoms with Crippen molar-refractivity contribution in [2.24, 2.45) is 0 Å². The van der Waals surface area contributed by atoms with Gasteiger partial charge in [0.2, 0.25) is 0 Å². The minimum Gasteiger partial charge on any atom is -0.489 e. The number of amides is 1. The van der Waals surface area contributed by atoms with Gasteiger partial charge in [-0.3, -0.25) is 9.48 Å². The summed E-state index contributed by atoms with van der Waals surface area (Å²) in [6.07, 6.45) is 3.39. The van der Waals surface area contributed by atoms with Gasteiger partial charge in [-0.25, -0.2) is 0 Å². The Morgan fingerprint density at radius 3 is 2.77 bits per heavy atom. The van der Waals surface area contributed by atoms with Crippen molar-refractivity contribution in [2.75, 3.05) is 5.32 Å². The van der Waals surface area contributed by atoms with Crippen molar-refractivity contribution in [3.8, 4) is 5.75 Å². The van der Waals surface area contributed by atoms with E-state index in [9.17, 15) is 4.79 Å². The Kier molecular flexibility index (Phi) is 5.61. The highest BCUT2D eigenvalue weighted by molar-refractivity contribution is 6.03. The maximum Gasteiger partial charge on any atom is 0.278 e. The third kappa shape index (κ3) is 4.57. The first-order valence-corrected chi connectivity index (χ1v) is 9.61. The average Bonchev–Trinajstić information content (AvgIpc) is 3.33. The molecule has 4 aromatic rings. The number of carbonyl (C=O) groups is 1. The molecule has 4 rings (SSSR count). The molecule has 0 radical (unpaired) electrons. The molecule has 0 unspecified atom stereocenters. The van der Waals surface area contributed by atoms with Crippen LogP contribution in [0.3, 0.4) is 0 Å². The molecule has 0 aliphatic rings. The number of carbonyl (C=O) groups excluding carboxylic acids is 1. The lowest BCUT2D eigenvalue weighted by atomic mass is 10.2. The van der Waals surface area contributed by atoms with Crippen LogP contribution in [0.4, 0.5) is 5.69 Å². The maximum absolute atomic E-state index is 12.8. The Morgan fingerprint density at radius 1 is 1.13 bits per heavy atom. The third-order valence-corrected chi connectivity index (χ3v) is 4.65. The van der Waals surface area contributed by atoms with Crippen LogP contribution in [0.5, 0.6) is 5.75 Å². The number of hydrogen-bond acceptors (Lipinski definition) is 5. The summed E-state index contributed by atoms with van der Waals surface area (Å²) in [5, 5.41) is 11.1. The van der Waals surface area contributed by atoms with Gasteiger partial charge in [0.15, 0.2) is 5.69 Å². The fourth-order valence-corrected chi connectivity index (χ4v) is 3.08. The van der Waals surface area contributed by atoms with E-state index in [0.29, 0.717) is 23.6 Å². The molecule has 0 fully saturated rings. The van der Waals surface area contributed by atoms with E-state index in [0.717, 1.165) is 16.9 Å². The molecule has 1 amide bonds. The Labute approximate surface area is 174 Å². The van der Waals surface area contributed by atoms with Crippen LogP contribution in [0.25, 0.3) is 0 Å². The lowest BCUT2D eigenvalue weighted by Crippen LogP contribution is -2.15. The molecule has 1 N–H and O–H groups in total. The second-order valence-corrected chi connectivity index (χ2v) is 7.04. The molecule has 2 aromatic heterocycles. The minimum absolute atomic E-state index is 0.189. The van der Waals surface area contributed by atoms with E-state index in [-0.39, 0.29) is 18.2 Å². The van der Waals surface area contributed by atoms with Crippen LogP contribution in [0.15, 0.2) is 71.5 Å². The lowest BCUT2D eigenvalue weighted by Gasteiger charge is -2.07. The summed E-state index contributed by atoms with van der Waals surface area (Å²) in [5.41, 5.74) is 3.63. The molecule has 0 bridgehead atoms. The van der Waals surface area contributed by atoms with Gasteiger partial charge in [0, 0.05) is 6.20 Å². The van der Waals surface area contributed by atoms with E-state index in [1.807, 2.05) is 61.5 Å². The number of hydrogen-bond donors (Lipinski definition) is 1. The van der Waals surface area contributed by atoms with Gasteiger partial charge in [-0.1, -0.05) is 47.6 Å². The van der Waals surface area contributed by atoms with Crippen molar-refractivity contribution >= 4 is 11.6 Å². The summed E-state index contributed by atoms with van der Waals surface area (Å²) in [7, 11) is 0. The van der Waals surface area contributed by atoms with Crippen LogP contribution >= 0.6 is 0 Å². The van der Waals surface area contributed by atoms with Crippen LogP contribution in [-0.2, 0) is 13.2 Å². The molecule has 0 aliphatic heterocycles. The Hall–Kier alpha value is -3.87. The first-order chi connectivity index (χ1) is 14.6. The SMILES string of the molecule is Cc1cccc(OCc2c(C(=O)Nc3cnn(Cc4ccccc4)c3)noc2C)c1. The summed E-state index contributed by atoms with van der Waals surface area (Å²) >= 11 is 0. The number of aromatic nitrogens is 3. The highest BCUT2D eigenvalue weighted by atomic mass is 16.5. The number of aryl methyl sites for hydroxylation is 2. The quantitative estimate of drug-likeness (QED) is 0.496. The van der Waals surface area contributed by atoms with Crippen molar-refractivity contribution in [2.45, 2.75) is 27.0 Å². The number of nitrogens with zero attached hydrogens (tertiary/aromatic N) is 3. The van der Waals surface area contributed by atoms with E-state index >= 15 is 0 Å². The maximum atomic E-state index is 12.8. The van der Waals surface area contributed by atoms with E-state index in [4.69, 9.17) is 9.26 Å². The standard InChI is InChI=1S/C23H22N4O3/c1-16-7-6-10-20(11-16)29-15-21-17(2)30-26-22(21)23(28)25-19-12-24-27(14-19)13-18-8-4-3-5-9-18/h3-12,14H,13,15H2,1-2H3,(H,25,28). The Balaban J connectivity index is 1.43. The Bertz CT molecular complexity index is 1150. The molecule has 2 heterocycles. The van der Waals surface area contributed by atoms with Gasteiger partial charge >= 0.3 is 0 Å². The summed E-state index contributed by atoms with van der Waals surface area (Å²) in [5.74, 6) is 0.908. The molecule has 0 saturated carbocycles. The monoisotopic (exact) mass is 402 g/mol. The van der Waals surface area contributed by atoms with Crippen LogP contribution in [0, 0.1) is 13.8 Å². The van der Waals surface area contributed by atoms with E-state index in [1.165, 1.54) is 0 Å². The van der Waals surface area contributed by atoms with E-state index in [1.54, 1.807) is 24.0 Å². The first-order valence-electron chi connectivity index (χ1n) is 9.61. The summed E-state index contributed by atoms with van der Waals surface area (Å²) in [6, 6.07) is 17.7. The zero-order valence-corrected chi connectivity index (χ0v) is 16.8. The zero-order chi connectivity index (χ0) is 20.9. The first kappa shape index (κ1) is 19.4. The molecule has 0 saturated heterocycles. The number of benzene rings is 2. The highest BCUT2D eigenvalue weighted by Crippen LogP contribution is 2.20. The van der Waals surface area contributed by atoms with Crippen molar-refractivity contribution < 1.29 is 14.1 Å². The van der Waals surface area contributed by atoms with Gasteiger partial charge in [-0.15, -0.1) is 0 Å². The van der Waals surface area contributed by atoms with Gasteiger partial charge in [-0.2, -0.15) is 5.10 Å². The van der Waals surface area contributed by atoms with Crippen LogP contribution in [-0.4, -0.2) is 20.8 Å². The van der Waals surface area contributed by atoms with Gasteiger partial charge < -0.3 is 14.6 Å². The van der Waals surface area contributed by atoms with E-state index in [2.05, 4.69) is 15.6 Å². The molecule has 7 nitrogen and oxygen atoms in total. The average molecular weight is 402 g/mol. The van der Waals surface area contributed by atoms with Crippen molar-refractivity contribution in [1.82, 2.24) is 14.9 Å². The highest BCUT2D eigenvalue weighted by Gasteiger charge is 2.21. The van der Waals surface area contributed by atoms with Crippen LogP contribution < -0.4 is 10.1 Å². The summed E-state index contributed by atoms with van der Waals surface area (Å²) in [4.78, 5) is 12.8. The van der Waals surface area contributed by atoms with Crippen molar-refractivity contribution in [3.05, 3.63) is 95.1 Å². The minimum atomic E-state index is -0.367. The second kappa shape index (κ2) is 8.65. The number of anilines is 1. The van der Waals surface area contributed by atoms with Gasteiger partial charge in [0.05, 0.1) is 24.0 Å². The molecular weight excluding hydrogens is 380 g/mol. The van der Waals surface area contributed by atoms with Crippen LogP contribution in [0.2, 0.25) is 0 Å². The van der Waals surface area contributed by atoms with Crippen molar-refractivity contribution in [3.63, 3.8) is 0 Å². The topological polar surface area (TPSA) is 82.2 Å². The molecule has 152 valence electrons. The normalized spacial score (nSPS) is 10.7. The second-order valence-electron chi connectivity index (χ2n) is 7.04. The third-order valence-electron chi connectivity index (χ3n) is 4.65. The fourth-order valence-electron chi connectivity index (χ4n) is 3.08. The zero-order valence-electron chi connectivity index (χ0n) is 16.8. The molecule has 30 heavy (non-hydrogen) atoms. The number of rotatable bonds is 7. The molecule has 0 atom stereocenters. The predicted octanol–water partition coefficient (Wildman–Crippen LogP) is 4.37. The largest absolute Gasteiger partial charge is 0.489 e. The molecular formula is C23H22N4O3. The van der Waals surface area contributed by atoms with Gasteiger partial charge in [-0.05, 0) is 37.1 Å². The Morgan fingerprint density at radius 2 is 1.97 bits per heavy atom. The molecule has 7 heteroatoms. The molecule has 2 aromatic carbocycles. The van der Waals surface area contributed by atoms with E-state index < -0.39 is 0 Å². The summed E-state index contributed by atoms with van der Waals surface area (Å²) < 4.78 is 12.8. The fraction of sp³-hybridized carbons (Fsp3) is 0.174.